The summed E-state index contributed by atoms with van der Waals surface area (Å²) in [4.78, 5) is 0. The van der Waals surface area contributed by atoms with Gasteiger partial charge in [0.2, 0.25) is 0 Å². The molecule has 100 valence electrons. The summed E-state index contributed by atoms with van der Waals surface area (Å²) >= 11 is 0. The topological polar surface area (TPSA) is 17.8 Å². The summed E-state index contributed by atoms with van der Waals surface area (Å²) in [5.74, 6) is -0.221. The Morgan fingerprint density at radius 1 is 1.05 bits per heavy atom. The van der Waals surface area contributed by atoms with E-state index in [4.69, 9.17) is 0 Å². The third-order valence-electron chi connectivity index (χ3n) is 3.24. The van der Waals surface area contributed by atoms with Crippen LogP contribution in [0, 0.1) is 12.7 Å². The first kappa shape index (κ1) is 12.6. The predicted octanol–water partition coefficient (Wildman–Crippen LogP) is 4.05. The lowest BCUT2D eigenvalue weighted by atomic mass is 10.1. The Balaban J connectivity index is 1.82. The zero-order chi connectivity index (χ0) is 13.9. The Bertz CT molecular complexity index is 714. The smallest absolute Gasteiger partial charge is 0.123 e. The van der Waals surface area contributed by atoms with Crippen LogP contribution in [-0.4, -0.2) is 9.78 Å². The summed E-state index contributed by atoms with van der Waals surface area (Å²) in [6.07, 6.45) is 3.79. The van der Waals surface area contributed by atoms with E-state index >= 15 is 0 Å². The standard InChI is InChI=1S/C17H15FN2/c1-13-3-2-4-14(9-13)11-20-12-16(10-19-20)15-5-7-17(18)8-6-15/h2-10,12H,11H2,1H3. The fourth-order valence-corrected chi connectivity index (χ4v) is 2.24. The van der Waals surface area contributed by atoms with E-state index in [1.807, 2.05) is 17.1 Å². The molecule has 0 aliphatic heterocycles. The highest BCUT2D eigenvalue weighted by Crippen LogP contribution is 2.19. The van der Waals surface area contributed by atoms with Gasteiger partial charge >= 0.3 is 0 Å². The summed E-state index contributed by atoms with van der Waals surface area (Å²) < 4.78 is 14.8. The molecule has 0 saturated heterocycles. The van der Waals surface area contributed by atoms with Crippen molar-refractivity contribution in [2.45, 2.75) is 13.5 Å². The Morgan fingerprint density at radius 2 is 1.85 bits per heavy atom. The summed E-state index contributed by atoms with van der Waals surface area (Å²) in [6.45, 7) is 2.82. The molecule has 0 aliphatic carbocycles. The monoisotopic (exact) mass is 266 g/mol. The van der Waals surface area contributed by atoms with Gasteiger partial charge in [0.05, 0.1) is 12.7 Å². The van der Waals surface area contributed by atoms with Gasteiger partial charge in [-0.25, -0.2) is 4.39 Å². The molecule has 3 rings (SSSR count). The lowest BCUT2D eigenvalue weighted by Gasteiger charge is -2.02. The molecule has 0 amide bonds. The van der Waals surface area contributed by atoms with Crippen LogP contribution in [-0.2, 0) is 6.54 Å². The van der Waals surface area contributed by atoms with Crippen molar-refractivity contribution in [1.82, 2.24) is 9.78 Å². The molecule has 0 bridgehead atoms. The van der Waals surface area contributed by atoms with Gasteiger partial charge < -0.3 is 0 Å². The van der Waals surface area contributed by atoms with Crippen LogP contribution >= 0.6 is 0 Å². The normalized spacial score (nSPS) is 10.7. The third kappa shape index (κ3) is 2.77. The minimum atomic E-state index is -0.221. The van der Waals surface area contributed by atoms with Crippen molar-refractivity contribution in [2.24, 2.45) is 0 Å². The first-order chi connectivity index (χ1) is 9.70. The number of aromatic nitrogens is 2. The van der Waals surface area contributed by atoms with Crippen LogP contribution in [0.25, 0.3) is 11.1 Å². The molecular formula is C17H15FN2. The summed E-state index contributed by atoms with van der Waals surface area (Å²) in [6, 6.07) is 14.8. The Labute approximate surface area is 117 Å². The molecule has 3 heteroatoms. The van der Waals surface area contributed by atoms with Crippen LogP contribution < -0.4 is 0 Å². The second-order valence-corrected chi connectivity index (χ2v) is 4.92. The highest BCUT2D eigenvalue weighted by atomic mass is 19.1. The molecule has 2 nitrogen and oxygen atoms in total. The molecule has 20 heavy (non-hydrogen) atoms. The molecule has 0 saturated carbocycles. The van der Waals surface area contributed by atoms with Gasteiger partial charge in [-0.05, 0) is 30.2 Å². The zero-order valence-electron chi connectivity index (χ0n) is 11.3. The zero-order valence-corrected chi connectivity index (χ0v) is 11.3. The fraction of sp³-hybridized carbons (Fsp3) is 0.118. The number of benzene rings is 2. The van der Waals surface area contributed by atoms with Crippen LogP contribution in [0.15, 0.2) is 60.9 Å². The van der Waals surface area contributed by atoms with E-state index in [0.29, 0.717) is 0 Å². The average Bonchev–Trinajstić information content (AvgIpc) is 2.88. The van der Waals surface area contributed by atoms with Gasteiger partial charge in [0.15, 0.2) is 0 Å². The second kappa shape index (κ2) is 5.29. The highest BCUT2D eigenvalue weighted by Gasteiger charge is 2.03. The molecule has 0 unspecified atom stereocenters. The maximum absolute atomic E-state index is 12.9. The molecule has 1 heterocycles. The lowest BCUT2D eigenvalue weighted by molar-refractivity contribution is 0.628. The van der Waals surface area contributed by atoms with Crippen molar-refractivity contribution in [3.63, 3.8) is 0 Å². The molecule has 2 aromatic carbocycles. The van der Waals surface area contributed by atoms with Crippen molar-refractivity contribution in [1.29, 1.82) is 0 Å². The van der Waals surface area contributed by atoms with Gasteiger partial charge in [0.1, 0.15) is 5.82 Å². The van der Waals surface area contributed by atoms with Crippen LogP contribution in [0.3, 0.4) is 0 Å². The van der Waals surface area contributed by atoms with Gasteiger partial charge in [-0.1, -0.05) is 42.0 Å². The molecule has 1 aromatic heterocycles. The van der Waals surface area contributed by atoms with E-state index in [1.54, 1.807) is 12.1 Å². The molecule has 0 aliphatic rings. The third-order valence-corrected chi connectivity index (χ3v) is 3.24. The number of hydrogen-bond donors (Lipinski definition) is 0. The molecule has 0 spiro atoms. The molecule has 3 aromatic rings. The molecule has 0 N–H and O–H groups in total. The van der Waals surface area contributed by atoms with Crippen molar-refractivity contribution >= 4 is 0 Å². The number of nitrogens with zero attached hydrogens (tertiary/aromatic N) is 2. The van der Waals surface area contributed by atoms with Crippen molar-refractivity contribution in [2.75, 3.05) is 0 Å². The maximum atomic E-state index is 12.9. The SMILES string of the molecule is Cc1cccc(Cn2cc(-c3ccc(F)cc3)cn2)c1. The van der Waals surface area contributed by atoms with Crippen LogP contribution in [0.5, 0.6) is 0 Å². The van der Waals surface area contributed by atoms with E-state index in [1.165, 1.54) is 23.3 Å². The molecule has 0 atom stereocenters. The minimum Gasteiger partial charge on any atom is -0.268 e. The second-order valence-electron chi connectivity index (χ2n) is 4.92. The maximum Gasteiger partial charge on any atom is 0.123 e. The average molecular weight is 266 g/mol. The Kier molecular flexibility index (Phi) is 3.33. The largest absolute Gasteiger partial charge is 0.268 e. The number of rotatable bonds is 3. The number of halogens is 1. The van der Waals surface area contributed by atoms with Gasteiger partial charge in [-0.2, -0.15) is 5.10 Å². The first-order valence-electron chi connectivity index (χ1n) is 6.55. The van der Waals surface area contributed by atoms with Crippen molar-refractivity contribution in [3.05, 3.63) is 77.9 Å². The van der Waals surface area contributed by atoms with Crippen LogP contribution in [0.4, 0.5) is 4.39 Å². The Morgan fingerprint density at radius 3 is 2.60 bits per heavy atom. The van der Waals surface area contributed by atoms with Gasteiger partial charge in [0.25, 0.3) is 0 Å². The predicted molar refractivity (Wildman–Crippen MR) is 77.9 cm³/mol. The van der Waals surface area contributed by atoms with E-state index < -0.39 is 0 Å². The number of aryl methyl sites for hydroxylation is 1. The molecule has 0 fully saturated rings. The van der Waals surface area contributed by atoms with Gasteiger partial charge in [-0.3, -0.25) is 4.68 Å². The Hall–Kier alpha value is -2.42. The quantitative estimate of drug-likeness (QED) is 0.699. The highest BCUT2D eigenvalue weighted by molar-refractivity contribution is 5.61. The van der Waals surface area contributed by atoms with Crippen molar-refractivity contribution < 1.29 is 4.39 Å². The summed E-state index contributed by atoms with van der Waals surface area (Å²) in [5.41, 5.74) is 4.44. The molecule has 0 radical (unpaired) electrons. The van der Waals surface area contributed by atoms with E-state index in [9.17, 15) is 4.39 Å². The van der Waals surface area contributed by atoms with Crippen LogP contribution in [0.2, 0.25) is 0 Å². The lowest BCUT2D eigenvalue weighted by Crippen LogP contribution is -1.99. The van der Waals surface area contributed by atoms with E-state index in [0.717, 1.165) is 17.7 Å². The van der Waals surface area contributed by atoms with Crippen LogP contribution in [0.1, 0.15) is 11.1 Å². The number of hydrogen-bond acceptors (Lipinski definition) is 1. The molecular weight excluding hydrogens is 251 g/mol. The summed E-state index contributed by atoms with van der Waals surface area (Å²) in [7, 11) is 0. The fourth-order valence-electron chi connectivity index (χ4n) is 2.24. The van der Waals surface area contributed by atoms with E-state index in [-0.39, 0.29) is 5.82 Å². The first-order valence-corrected chi connectivity index (χ1v) is 6.55. The van der Waals surface area contributed by atoms with E-state index in [2.05, 4.69) is 36.3 Å². The summed E-state index contributed by atoms with van der Waals surface area (Å²) in [5, 5.41) is 4.36. The van der Waals surface area contributed by atoms with Gasteiger partial charge in [0, 0.05) is 11.8 Å². The van der Waals surface area contributed by atoms with Crippen molar-refractivity contribution in [3.8, 4) is 11.1 Å². The van der Waals surface area contributed by atoms with Gasteiger partial charge in [-0.15, -0.1) is 0 Å². The minimum absolute atomic E-state index is 0.221.